The highest BCUT2D eigenvalue weighted by Gasteiger charge is 2.31. The molecule has 1 heterocycles. The summed E-state index contributed by atoms with van der Waals surface area (Å²) in [6.45, 7) is 1.25. The highest BCUT2D eigenvalue weighted by molar-refractivity contribution is 7.90. The third-order valence-corrected chi connectivity index (χ3v) is 4.16. The molecule has 0 aliphatic carbocycles. The van der Waals surface area contributed by atoms with Gasteiger partial charge in [-0.05, 0) is 19.1 Å². The fourth-order valence-electron chi connectivity index (χ4n) is 1.89. The van der Waals surface area contributed by atoms with E-state index >= 15 is 0 Å². The van der Waals surface area contributed by atoms with Crippen LogP contribution in [0.15, 0.2) is 33.6 Å². The van der Waals surface area contributed by atoms with E-state index in [9.17, 15) is 13.2 Å². The lowest BCUT2D eigenvalue weighted by atomic mass is 10.2. The van der Waals surface area contributed by atoms with Crippen LogP contribution in [0.5, 0.6) is 0 Å². The Balaban J connectivity index is 2.20. The summed E-state index contributed by atoms with van der Waals surface area (Å²) in [6, 6.07) is 8.17. The molecule has 0 unspecified atom stereocenters. The molecule has 1 aromatic rings. The van der Waals surface area contributed by atoms with Crippen molar-refractivity contribution in [3.8, 4) is 6.07 Å². The van der Waals surface area contributed by atoms with Gasteiger partial charge in [-0.15, -0.1) is 4.40 Å². The number of esters is 1. The Kier molecular flexibility index (Phi) is 3.95. The number of nitriles is 1. The Labute approximate surface area is 122 Å². The van der Waals surface area contributed by atoms with Crippen molar-refractivity contribution in [2.24, 2.45) is 4.40 Å². The van der Waals surface area contributed by atoms with Gasteiger partial charge >= 0.3 is 5.97 Å². The van der Waals surface area contributed by atoms with Crippen LogP contribution in [-0.4, -0.2) is 44.8 Å². The summed E-state index contributed by atoms with van der Waals surface area (Å²) < 4.78 is 32.3. The van der Waals surface area contributed by atoms with Crippen molar-refractivity contribution in [1.82, 2.24) is 4.90 Å². The second kappa shape index (κ2) is 5.54. The van der Waals surface area contributed by atoms with Crippen molar-refractivity contribution >= 4 is 21.8 Å². The number of rotatable bonds is 3. The fourth-order valence-corrected chi connectivity index (χ4v) is 3.14. The summed E-state index contributed by atoms with van der Waals surface area (Å²) in [4.78, 5) is 13.1. The maximum Gasteiger partial charge on any atom is 0.326 e. The Hall–Kier alpha value is -2.40. The Bertz CT molecular complexity index is 749. The first-order valence-electron chi connectivity index (χ1n) is 6.10. The van der Waals surface area contributed by atoms with E-state index in [1.807, 2.05) is 0 Å². The number of carbonyl (C=O) groups excluding carboxylic acids is 1. The Morgan fingerprint density at radius 1 is 1.48 bits per heavy atom. The van der Waals surface area contributed by atoms with E-state index in [-0.39, 0.29) is 17.3 Å². The number of fused-ring (bicyclic) bond motifs is 1. The second-order valence-corrected chi connectivity index (χ2v) is 6.08. The van der Waals surface area contributed by atoms with Crippen LogP contribution in [0.2, 0.25) is 0 Å². The predicted octanol–water partition coefficient (Wildman–Crippen LogP) is 0.523. The normalized spacial score (nSPS) is 16.3. The van der Waals surface area contributed by atoms with Gasteiger partial charge in [0.2, 0.25) is 0 Å². The fraction of sp³-hybridized carbons (Fsp3) is 0.308. The molecule has 0 spiro atoms. The molecule has 0 bridgehead atoms. The van der Waals surface area contributed by atoms with Gasteiger partial charge in [-0.3, -0.25) is 4.79 Å². The van der Waals surface area contributed by atoms with Crippen molar-refractivity contribution in [1.29, 1.82) is 5.26 Å². The zero-order valence-corrected chi connectivity index (χ0v) is 12.3. The third kappa shape index (κ3) is 3.03. The van der Waals surface area contributed by atoms with E-state index < -0.39 is 22.1 Å². The number of nitrogens with zero attached hydrogens (tertiary/aromatic N) is 3. The molecule has 1 aromatic carbocycles. The molecule has 1 aliphatic rings. The van der Waals surface area contributed by atoms with Crippen LogP contribution in [0, 0.1) is 11.3 Å². The quantitative estimate of drug-likeness (QED) is 0.755. The van der Waals surface area contributed by atoms with Gasteiger partial charge in [-0.2, -0.15) is 13.7 Å². The minimum atomic E-state index is -3.72. The Morgan fingerprint density at radius 3 is 2.81 bits per heavy atom. The SMILES string of the molecule is C[C@@H](C#N)OC(=O)CN(C)C1=NS(=O)(=O)c2ccccc21. The minimum Gasteiger partial charge on any atom is -0.446 e. The number of benzene rings is 1. The first-order valence-corrected chi connectivity index (χ1v) is 7.54. The number of amidine groups is 1. The van der Waals surface area contributed by atoms with Gasteiger partial charge in [-0.25, -0.2) is 0 Å². The molecular weight excluding hydrogens is 294 g/mol. The molecule has 0 saturated heterocycles. The summed E-state index contributed by atoms with van der Waals surface area (Å²) >= 11 is 0. The molecule has 0 N–H and O–H groups in total. The summed E-state index contributed by atoms with van der Waals surface area (Å²) in [6.07, 6.45) is -0.854. The summed E-state index contributed by atoms with van der Waals surface area (Å²) in [5, 5.41) is 8.58. The van der Waals surface area contributed by atoms with Gasteiger partial charge in [0, 0.05) is 12.6 Å². The van der Waals surface area contributed by atoms with E-state index in [0.717, 1.165) is 0 Å². The van der Waals surface area contributed by atoms with Gasteiger partial charge in [-0.1, -0.05) is 12.1 Å². The largest absolute Gasteiger partial charge is 0.446 e. The molecule has 0 amide bonds. The van der Waals surface area contributed by atoms with Crippen LogP contribution in [0.1, 0.15) is 12.5 Å². The molecule has 21 heavy (non-hydrogen) atoms. The first-order chi connectivity index (χ1) is 9.85. The predicted molar refractivity (Wildman–Crippen MR) is 74.0 cm³/mol. The maximum absolute atomic E-state index is 11.9. The smallest absolute Gasteiger partial charge is 0.326 e. The van der Waals surface area contributed by atoms with Crippen LogP contribution >= 0.6 is 0 Å². The van der Waals surface area contributed by atoms with Crippen LogP contribution in [0.4, 0.5) is 0 Å². The number of hydrogen-bond donors (Lipinski definition) is 0. The molecule has 0 saturated carbocycles. The average molecular weight is 307 g/mol. The van der Waals surface area contributed by atoms with Crippen molar-refractivity contribution in [3.63, 3.8) is 0 Å². The van der Waals surface area contributed by atoms with Gasteiger partial charge in [0.15, 0.2) is 11.9 Å². The first kappa shape index (κ1) is 15.0. The highest BCUT2D eigenvalue weighted by atomic mass is 32.2. The van der Waals surface area contributed by atoms with E-state index in [0.29, 0.717) is 5.56 Å². The van der Waals surface area contributed by atoms with E-state index in [2.05, 4.69) is 4.40 Å². The van der Waals surface area contributed by atoms with Crippen molar-refractivity contribution < 1.29 is 17.9 Å². The monoisotopic (exact) mass is 307 g/mol. The van der Waals surface area contributed by atoms with Crippen molar-refractivity contribution in [3.05, 3.63) is 29.8 Å². The summed E-state index contributed by atoms with van der Waals surface area (Å²) in [5.41, 5.74) is 0.445. The molecule has 0 fully saturated rings. The molecule has 8 heteroatoms. The molecule has 110 valence electrons. The van der Waals surface area contributed by atoms with E-state index in [1.54, 1.807) is 24.3 Å². The zero-order chi connectivity index (χ0) is 15.6. The van der Waals surface area contributed by atoms with Gasteiger partial charge < -0.3 is 9.64 Å². The number of sulfonamides is 1. The molecule has 1 atom stereocenters. The van der Waals surface area contributed by atoms with Crippen molar-refractivity contribution in [2.45, 2.75) is 17.9 Å². The second-order valence-electron chi connectivity index (χ2n) is 4.50. The number of hydrogen-bond acceptors (Lipinski definition) is 6. The molecule has 0 radical (unpaired) electrons. The standard InChI is InChI=1S/C13H13N3O4S/c1-9(7-14)20-12(17)8-16(2)13-10-5-3-4-6-11(10)21(18,19)15-13/h3-6,9H,8H2,1-2H3/t9-/m0/s1. The van der Waals surface area contributed by atoms with Crippen LogP contribution < -0.4 is 0 Å². The zero-order valence-electron chi connectivity index (χ0n) is 11.5. The topological polar surface area (TPSA) is 99.8 Å². The minimum absolute atomic E-state index is 0.116. The summed E-state index contributed by atoms with van der Waals surface area (Å²) in [5.74, 6) is -0.441. The molecule has 2 rings (SSSR count). The lowest BCUT2D eigenvalue weighted by Gasteiger charge is -2.18. The Morgan fingerprint density at radius 2 is 2.14 bits per heavy atom. The lowest BCUT2D eigenvalue weighted by Crippen LogP contribution is -2.34. The van der Waals surface area contributed by atoms with Crippen LogP contribution in [0.25, 0.3) is 0 Å². The van der Waals surface area contributed by atoms with Crippen LogP contribution in [0.3, 0.4) is 0 Å². The highest BCUT2D eigenvalue weighted by Crippen LogP contribution is 2.26. The van der Waals surface area contributed by atoms with Crippen LogP contribution in [-0.2, 0) is 19.6 Å². The maximum atomic E-state index is 11.9. The molecule has 1 aliphatic heterocycles. The third-order valence-electron chi connectivity index (χ3n) is 2.83. The number of likely N-dealkylation sites (N-methyl/N-ethyl adjacent to an activating group) is 1. The number of ether oxygens (including phenoxy) is 1. The molecule has 7 nitrogen and oxygen atoms in total. The molecular formula is C13H13N3O4S. The van der Waals surface area contributed by atoms with E-state index in [1.165, 1.54) is 24.9 Å². The van der Waals surface area contributed by atoms with Gasteiger partial charge in [0.05, 0.1) is 0 Å². The summed E-state index contributed by atoms with van der Waals surface area (Å²) in [7, 11) is -2.19. The van der Waals surface area contributed by atoms with Gasteiger partial charge in [0.1, 0.15) is 17.5 Å². The molecule has 0 aromatic heterocycles. The average Bonchev–Trinajstić information content (AvgIpc) is 2.71. The van der Waals surface area contributed by atoms with Crippen molar-refractivity contribution in [2.75, 3.05) is 13.6 Å². The van der Waals surface area contributed by atoms with E-state index in [4.69, 9.17) is 10.00 Å². The lowest BCUT2D eigenvalue weighted by molar-refractivity contribution is -0.145. The number of carbonyl (C=O) groups is 1. The van der Waals surface area contributed by atoms with Gasteiger partial charge in [0.25, 0.3) is 10.0 Å².